The molecule has 0 atom stereocenters. The third kappa shape index (κ3) is 5.05. The van der Waals surface area contributed by atoms with Gasteiger partial charge in [-0.3, -0.25) is 9.69 Å². The molecule has 3 heterocycles. The lowest BCUT2D eigenvalue weighted by Gasteiger charge is -2.34. The maximum Gasteiger partial charge on any atom is 0.272 e. The summed E-state index contributed by atoms with van der Waals surface area (Å²) in [6, 6.07) is 20.7. The summed E-state index contributed by atoms with van der Waals surface area (Å²) in [5.41, 5.74) is 3.57. The number of para-hydroxylation sites is 1. The molecule has 206 valence electrons. The van der Waals surface area contributed by atoms with Crippen LogP contribution in [0.15, 0.2) is 66.7 Å². The first-order valence-corrected chi connectivity index (χ1v) is 13.4. The summed E-state index contributed by atoms with van der Waals surface area (Å²) in [7, 11) is 3.20. The third-order valence-corrected chi connectivity index (χ3v) is 7.52. The van der Waals surface area contributed by atoms with Gasteiger partial charge in [0.05, 0.1) is 30.6 Å². The van der Waals surface area contributed by atoms with Crippen molar-refractivity contribution in [3.63, 3.8) is 0 Å². The highest BCUT2D eigenvalue weighted by atomic mass is 35.5. The first kappa shape index (κ1) is 26.0. The molecule has 1 amide bonds. The number of amides is 1. The van der Waals surface area contributed by atoms with Crippen LogP contribution in [0, 0.1) is 0 Å². The third-order valence-electron chi connectivity index (χ3n) is 7.20. The maximum atomic E-state index is 13.9. The van der Waals surface area contributed by atoms with Crippen molar-refractivity contribution < 1.29 is 23.7 Å². The van der Waals surface area contributed by atoms with Crippen molar-refractivity contribution in [3.05, 3.63) is 83.0 Å². The molecule has 3 aromatic carbocycles. The zero-order valence-corrected chi connectivity index (χ0v) is 23.1. The van der Waals surface area contributed by atoms with E-state index >= 15 is 0 Å². The Morgan fingerprint density at radius 3 is 2.50 bits per heavy atom. The molecule has 4 aromatic rings. The number of fused-ring (bicyclic) bond motifs is 1. The Balaban J connectivity index is 1.25. The molecule has 0 radical (unpaired) electrons. The number of hydrogen-bond donors (Lipinski definition) is 0. The number of piperazine rings is 1. The van der Waals surface area contributed by atoms with Crippen LogP contribution in [-0.2, 0) is 6.54 Å². The molecule has 1 aromatic heterocycles. The summed E-state index contributed by atoms with van der Waals surface area (Å²) >= 11 is 6.56. The van der Waals surface area contributed by atoms with Gasteiger partial charge in [0.15, 0.2) is 11.5 Å². The topological polar surface area (TPSA) is 78.3 Å². The van der Waals surface area contributed by atoms with Crippen molar-refractivity contribution in [1.82, 2.24) is 19.6 Å². The predicted molar refractivity (Wildman–Crippen MR) is 151 cm³/mol. The Morgan fingerprint density at radius 2 is 1.73 bits per heavy atom. The molecule has 0 saturated carbocycles. The molecule has 0 aliphatic carbocycles. The van der Waals surface area contributed by atoms with Crippen LogP contribution in [0.25, 0.3) is 16.9 Å². The first-order chi connectivity index (χ1) is 19.5. The molecule has 40 heavy (non-hydrogen) atoms. The summed E-state index contributed by atoms with van der Waals surface area (Å²) in [6.45, 7) is 3.73. The molecule has 2 aliphatic rings. The summed E-state index contributed by atoms with van der Waals surface area (Å²) in [4.78, 5) is 18.1. The lowest BCUT2D eigenvalue weighted by atomic mass is 10.1. The fourth-order valence-corrected chi connectivity index (χ4v) is 5.27. The molecule has 6 rings (SSSR count). The van der Waals surface area contributed by atoms with Crippen molar-refractivity contribution in [2.75, 3.05) is 47.2 Å². The van der Waals surface area contributed by atoms with Crippen LogP contribution in [0.3, 0.4) is 0 Å². The zero-order valence-electron chi connectivity index (χ0n) is 22.3. The van der Waals surface area contributed by atoms with Crippen LogP contribution in [-0.4, -0.2) is 72.7 Å². The minimum Gasteiger partial charge on any atom is -0.497 e. The highest BCUT2D eigenvalue weighted by Crippen LogP contribution is 2.35. The van der Waals surface area contributed by atoms with Crippen LogP contribution < -0.4 is 18.9 Å². The summed E-state index contributed by atoms with van der Waals surface area (Å²) in [5, 5.41) is 5.32. The van der Waals surface area contributed by atoms with Gasteiger partial charge in [-0.25, -0.2) is 4.68 Å². The number of methoxy groups -OCH3 is 2. The number of rotatable bonds is 7. The molecule has 2 aliphatic heterocycles. The van der Waals surface area contributed by atoms with E-state index in [0.29, 0.717) is 46.7 Å². The number of hydrogen-bond acceptors (Lipinski definition) is 7. The quantitative estimate of drug-likeness (QED) is 0.318. The van der Waals surface area contributed by atoms with Crippen molar-refractivity contribution in [1.29, 1.82) is 0 Å². The number of aromatic nitrogens is 2. The van der Waals surface area contributed by atoms with Crippen molar-refractivity contribution in [2.45, 2.75) is 6.54 Å². The fraction of sp³-hybridized carbons (Fsp3) is 0.267. The van der Waals surface area contributed by atoms with E-state index in [1.165, 1.54) is 0 Å². The standard InChI is InChI=1S/C30H29ClN4O5/c1-37-21-8-9-22(28(16-21)38-2)24-17-26(35(32-24)25-6-4-3-5-23(25)31)30(36)34-13-11-33(12-14-34)18-20-7-10-27-29(15-20)40-19-39-27/h3-10,15-17H,11-14,18-19H2,1-2H3. The molecular weight excluding hydrogens is 532 g/mol. The lowest BCUT2D eigenvalue weighted by Crippen LogP contribution is -2.48. The van der Waals surface area contributed by atoms with E-state index in [2.05, 4.69) is 11.0 Å². The van der Waals surface area contributed by atoms with E-state index in [0.717, 1.165) is 42.3 Å². The van der Waals surface area contributed by atoms with Crippen LogP contribution >= 0.6 is 11.6 Å². The van der Waals surface area contributed by atoms with E-state index in [4.69, 9.17) is 35.6 Å². The van der Waals surface area contributed by atoms with Gasteiger partial charge in [-0.2, -0.15) is 5.10 Å². The van der Waals surface area contributed by atoms with Gasteiger partial charge >= 0.3 is 0 Å². The molecular formula is C30H29ClN4O5. The Hall–Kier alpha value is -4.21. The van der Waals surface area contributed by atoms with Crippen molar-refractivity contribution in [2.24, 2.45) is 0 Å². The maximum absolute atomic E-state index is 13.9. The lowest BCUT2D eigenvalue weighted by molar-refractivity contribution is 0.0619. The Kier molecular flexibility index (Phi) is 7.23. The van der Waals surface area contributed by atoms with Gasteiger partial charge in [-0.05, 0) is 48.0 Å². The minimum absolute atomic E-state index is 0.103. The van der Waals surface area contributed by atoms with E-state index < -0.39 is 0 Å². The number of nitrogens with zero attached hydrogens (tertiary/aromatic N) is 4. The second kappa shape index (κ2) is 11.1. The molecule has 9 nitrogen and oxygen atoms in total. The molecule has 10 heteroatoms. The molecule has 0 unspecified atom stereocenters. The van der Waals surface area contributed by atoms with Crippen molar-refractivity contribution in [3.8, 4) is 39.9 Å². The summed E-state index contributed by atoms with van der Waals surface area (Å²) < 4.78 is 23.5. The minimum atomic E-state index is -0.103. The largest absolute Gasteiger partial charge is 0.497 e. The molecule has 1 fully saturated rings. The molecule has 0 spiro atoms. The normalized spacial score (nSPS) is 14.8. The number of benzene rings is 3. The molecule has 0 bridgehead atoms. The van der Waals surface area contributed by atoms with Crippen LogP contribution in [0.4, 0.5) is 0 Å². The van der Waals surface area contributed by atoms with Gasteiger partial charge in [0.1, 0.15) is 17.2 Å². The molecule has 1 saturated heterocycles. The average Bonchev–Trinajstić information content (AvgIpc) is 3.64. The van der Waals surface area contributed by atoms with Gasteiger partial charge < -0.3 is 23.8 Å². The number of ether oxygens (including phenoxy) is 4. The average molecular weight is 561 g/mol. The van der Waals surface area contributed by atoms with Crippen LogP contribution in [0.5, 0.6) is 23.0 Å². The van der Waals surface area contributed by atoms with Gasteiger partial charge in [-0.1, -0.05) is 29.8 Å². The van der Waals surface area contributed by atoms with E-state index in [1.54, 1.807) is 37.1 Å². The second-order valence-electron chi connectivity index (χ2n) is 9.60. The summed E-state index contributed by atoms with van der Waals surface area (Å²) in [5.74, 6) is 2.72. The van der Waals surface area contributed by atoms with Crippen molar-refractivity contribution >= 4 is 17.5 Å². The van der Waals surface area contributed by atoms with Gasteiger partial charge in [-0.15, -0.1) is 0 Å². The second-order valence-corrected chi connectivity index (χ2v) is 10.0. The van der Waals surface area contributed by atoms with E-state index in [-0.39, 0.29) is 12.7 Å². The highest BCUT2D eigenvalue weighted by molar-refractivity contribution is 6.32. The predicted octanol–water partition coefficient (Wildman–Crippen LogP) is 4.90. The monoisotopic (exact) mass is 560 g/mol. The molecule has 0 N–H and O–H groups in total. The Bertz CT molecular complexity index is 1550. The van der Waals surface area contributed by atoms with Crippen LogP contribution in [0.2, 0.25) is 5.02 Å². The smallest absolute Gasteiger partial charge is 0.272 e. The Labute approximate surface area is 237 Å². The first-order valence-electron chi connectivity index (χ1n) is 13.0. The number of carbonyl (C=O) groups excluding carboxylic acids is 1. The summed E-state index contributed by atoms with van der Waals surface area (Å²) in [6.07, 6.45) is 0. The van der Waals surface area contributed by atoms with Gasteiger partial charge in [0.25, 0.3) is 5.91 Å². The van der Waals surface area contributed by atoms with Gasteiger partial charge in [0.2, 0.25) is 6.79 Å². The van der Waals surface area contributed by atoms with E-state index in [1.807, 2.05) is 47.4 Å². The fourth-order valence-electron chi connectivity index (χ4n) is 5.05. The number of halogens is 1. The highest BCUT2D eigenvalue weighted by Gasteiger charge is 2.28. The Morgan fingerprint density at radius 1 is 0.925 bits per heavy atom. The zero-order chi connectivity index (χ0) is 27.6. The van der Waals surface area contributed by atoms with Gasteiger partial charge in [0, 0.05) is 44.4 Å². The van der Waals surface area contributed by atoms with E-state index in [9.17, 15) is 4.79 Å². The number of carbonyl (C=O) groups is 1. The van der Waals surface area contributed by atoms with Crippen LogP contribution in [0.1, 0.15) is 16.1 Å². The SMILES string of the molecule is COc1ccc(-c2cc(C(=O)N3CCN(Cc4ccc5c(c4)OCO5)CC3)n(-c3ccccc3Cl)n2)c(OC)c1.